The van der Waals surface area contributed by atoms with Crippen molar-refractivity contribution in [3.63, 3.8) is 0 Å². The Bertz CT molecular complexity index is 808. The van der Waals surface area contributed by atoms with Gasteiger partial charge < -0.3 is 4.74 Å². The Hall–Kier alpha value is -2.87. The maximum Gasteiger partial charge on any atom is 0.162 e. The van der Waals surface area contributed by atoms with Gasteiger partial charge in [0.2, 0.25) is 0 Å². The summed E-state index contributed by atoms with van der Waals surface area (Å²) in [7, 11) is 0. The van der Waals surface area contributed by atoms with Crippen LogP contribution >= 0.6 is 0 Å². The third-order valence-electron chi connectivity index (χ3n) is 3.95. The van der Waals surface area contributed by atoms with Crippen LogP contribution in [-0.4, -0.2) is 5.78 Å². The maximum absolute atomic E-state index is 12.0. The Kier molecular flexibility index (Phi) is 5.07. The second kappa shape index (κ2) is 7.60. The van der Waals surface area contributed by atoms with E-state index in [0.717, 1.165) is 22.4 Å². The number of Topliss-reactive ketones (excluding diaryl/α,β-unsaturated/α-hetero) is 1. The van der Waals surface area contributed by atoms with Crippen molar-refractivity contribution in [2.75, 3.05) is 0 Å². The molecule has 2 nitrogen and oxygen atoms in total. The summed E-state index contributed by atoms with van der Waals surface area (Å²) in [6.45, 7) is 2.35. The molecule has 3 aromatic rings. The van der Waals surface area contributed by atoms with Gasteiger partial charge in [-0.15, -0.1) is 0 Å². The van der Waals surface area contributed by atoms with E-state index in [1.54, 1.807) is 0 Å². The zero-order chi connectivity index (χ0) is 16.8. The highest BCUT2D eigenvalue weighted by molar-refractivity contribution is 5.97. The van der Waals surface area contributed by atoms with E-state index in [1.165, 1.54) is 0 Å². The van der Waals surface area contributed by atoms with Crippen LogP contribution in [0.4, 0.5) is 0 Å². The van der Waals surface area contributed by atoms with Gasteiger partial charge in [-0.1, -0.05) is 73.7 Å². The van der Waals surface area contributed by atoms with E-state index in [2.05, 4.69) is 0 Å². The molecule has 0 atom stereocenters. The second-order valence-corrected chi connectivity index (χ2v) is 5.63. The maximum atomic E-state index is 12.0. The van der Waals surface area contributed by atoms with Crippen LogP contribution in [0.2, 0.25) is 0 Å². The van der Waals surface area contributed by atoms with Crippen molar-refractivity contribution in [1.82, 2.24) is 0 Å². The molecule has 0 aliphatic heterocycles. The molecule has 0 saturated carbocycles. The van der Waals surface area contributed by atoms with Crippen LogP contribution in [0, 0.1) is 0 Å². The van der Waals surface area contributed by atoms with Gasteiger partial charge in [-0.25, -0.2) is 0 Å². The van der Waals surface area contributed by atoms with E-state index in [1.807, 2.05) is 85.8 Å². The van der Waals surface area contributed by atoms with Crippen molar-refractivity contribution in [3.05, 3.63) is 90.0 Å². The highest BCUT2D eigenvalue weighted by atomic mass is 16.5. The molecule has 0 spiro atoms. The van der Waals surface area contributed by atoms with Gasteiger partial charge in [-0.2, -0.15) is 0 Å². The van der Waals surface area contributed by atoms with Crippen molar-refractivity contribution in [2.24, 2.45) is 0 Å². The van der Waals surface area contributed by atoms with Crippen molar-refractivity contribution < 1.29 is 9.53 Å². The molecule has 0 amide bonds. The number of ether oxygens (including phenoxy) is 1. The third-order valence-corrected chi connectivity index (χ3v) is 3.95. The Morgan fingerprint density at radius 2 is 1.54 bits per heavy atom. The van der Waals surface area contributed by atoms with Crippen molar-refractivity contribution in [1.29, 1.82) is 0 Å². The molecule has 0 radical (unpaired) electrons. The van der Waals surface area contributed by atoms with E-state index in [4.69, 9.17) is 4.74 Å². The van der Waals surface area contributed by atoms with Gasteiger partial charge in [-0.3, -0.25) is 4.79 Å². The molecule has 3 rings (SSSR count). The summed E-state index contributed by atoms with van der Waals surface area (Å²) in [6, 6.07) is 25.8. The monoisotopic (exact) mass is 316 g/mol. The average molecular weight is 316 g/mol. The summed E-state index contributed by atoms with van der Waals surface area (Å²) in [6.07, 6.45) is 0.489. The summed E-state index contributed by atoms with van der Waals surface area (Å²) in [5, 5.41) is 0. The number of carbonyl (C=O) groups excluding carboxylic acids is 1. The highest BCUT2D eigenvalue weighted by Gasteiger charge is 2.11. The molecule has 3 aromatic carbocycles. The standard InChI is InChI=1S/C22H20O2/c1-2-21(23)19-13-14-20(18-11-7-4-8-12-18)22(15-19)24-16-17-9-5-3-6-10-17/h3-15H,2,16H2,1H3. The van der Waals surface area contributed by atoms with Gasteiger partial charge in [0.05, 0.1) is 0 Å². The van der Waals surface area contributed by atoms with Gasteiger partial charge in [0.1, 0.15) is 12.4 Å². The van der Waals surface area contributed by atoms with Crippen LogP contribution in [0.15, 0.2) is 78.9 Å². The fourth-order valence-electron chi connectivity index (χ4n) is 2.61. The summed E-state index contributed by atoms with van der Waals surface area (Å²) >= 11 is 0. The Labute approximate surface area is 142 Å². The molecule has 0 heterocycles. The normalized spacial score (nSPS) is 10.4. The first-order chi connectivity index (χ1) is 11.8. The molecule has 0 fully saturated rings. The summed E-state index contributed by atoms with van der Waals surface area (Å²) in [4.78, 5) is 12.0. The third kappa shape index (κ3) is 3.72. The Balaban J connectivity index is 1.94. The molecule has 24 heavy (non-hydrogen) atoms. The van der Waals surface area contributed by atoms with Gasteiger partial charge in [0.15, 0.2) is 5.78 Å². The lowest BCUT2D eigenvalue weighted by Gasteiger charge is -2.13. The first-order valence-corrected chi connectivity index (χ1v) is 8.17. The molecular weight excluding hydrogens is 296 g/mol. The van der Waals surface area contributed by atoms with Gasteiger partial charge in [-0.05, 0) is 23.3 Å². The Morgan fingerprint density at radius 1 is 0.875 bits per heavy atom. The number of ketones is 1. The van der Waals surface area contributed by atoms with Gasteiger partial charge in [0, 0.05) is 17.5 Å². The zero-order valence-corrected chi connectivity index (χ0v) is 13.7. The molecule has 0 unspecified atom stereocenters. The minimum Gasteiger partial charge on any atom is -0.488 e. The molecule has 0 N–H and O–H groups in total. The van der Waals surface area contributed by atoms with Crippen LogP contribution in [-0.2, 0) is 6.61 Å². The number of hydrogen-bond acceptors (Lipinski definition) is 2. The van der Waals surface area contributed by atoms with Crippen LogP contribution in [0.25, 0.3) is 11.1 Å². The fraction of sp³-hybridized carbons (Fsp3) is 0.136. The zero-order valence-electron chi connectivity index (χ0n) is 13.7. The lowest BCUT2D eigenvalue weighted by atomic mass is 10.0. The smallest absolute Gasteiger partial charge is 0.162 e. The first kappa shape index (κ1) is 16.0. The average Bonchev–Trinajstić information content (AvgIpc) is 2.67. The van der Waals surface area contributed by atoms with E-state index in [9.17, 15) is 4.79 Å². The summed E-state index contributed by atoms with van der Waals surface area (Å²) in [5.74, 6) is 0.864. The summed E-state index contributed by atoms with van der Waals surface area (Å²) in [5.41, 5.74) is 3.87. The van der Waals surface area contributed by atoms with Crippen LogP contribution in [0.1, 0.15) is 29.3 Å². The van der Waals surface area contributed by atoms with Crippen LogP contribution < -0.4 is 4.74 Å². The minimum absolute atomic E-state index is 0.124. The number of carbonyl (C=O) groups is 1. The molecule has 0 aliphatic carbocycles. The quantitative estimate of drug-likeness (QED) is 0.559. The van der Waals surface area contributed by atoms with Crippen LogP contribution in [0.5, 0.6) is 5.75 Å². The van der Waals surface area contributed by atoms with Crippen molar-refractivity contribution >= 4 is 5.78 Å². The molecule has 0 bridgehead atoms. The molecule has 120 valence electrons. The highest BCUT2D eigenvalue weighted by Crippen LogP contribution is 2.32. The minimum atomic E-state index is 0.124. The van der Waals surface area contributed by atoms with E-state index in [0.29, 0.717) is 18.6 Å². The van der Waals surface area contributed by atoms with Crippen molar-refractivity contribution in [3.8, 4) is 16.9 Å². The predicted molar refractivity (Wildman–Crippen MR) is 97.3 cm³/mol. The second-order valence-electron chi connectivity index (χ2n) is 5.63. The van der Waals surface area contributed by atoms with E-state index < -0.39 is 0 Å². The number of rotatable bonds is 6. The fourth-order valence-corrected chi connectivity index (χ4v) is 2.61. The SMILES string of the molecule is CCC(=O)c1ccc(-c2ccccc2)c(OCc2ccccc2)c1. The largest absolute Gasteiger partial charge is 0.488 e. The molecule has 0 saturated heterocycles. The molecular formula is C22H20O2. The van der Waals surface area contributed by atoms with Crippen molar-refractivity contribution in [2.45, 2.75) is 20.0 Å². The lowest BCUT2D eigenvalue weighted by Crippen LogP contribution is -2.01. The number of benzene rings is 3. The lowest BCUT2D eigenvalue weighted by molar-refractivity contribution is 0.0987. The molecule has 2 heteroatoms. The van der Waals surface area contributed by atoms with Gasteiger partial charge in [0.25, 0.3) is 0 Å². The predicted octanol–water partition coefficient (Wildman–Crippen LogP) is 5.53. The van der Waals surface area contributed by atoms with E-state index >= 15 is 0 Å². The first-order valence-electron chi connectivity index (χ1n) is 8.17. The van der Waals surface area contributed by atoms with Crippen LogP contribution in [0.3, 0.4) is 0 Å². The van der Waals surface area contributed by atoms with E-state index in [-0.39, 0.29) is 5.78 Å². The van der Waals surface area contributed by atoms with Gasteiger partial charge >= 0.3 is 0 Å². The number of hydrogen-bond donors (Lipinski definition) is 0. The summed E-state index contributed by atoms with van der Waals surface area (Å²) < 4.78 is 6.06. The topological polar surface area (TPSA) is 26.3 Å². The molecule has 0 aliphatic rings. The molecule has 0 aromatic heterocycles. The Morgan fingerprint density at radius 3 is 2.21 bits per heavy atom.